The van der Waals surface area contributed by atoms with Crippen molar-refractivity contribution < 1.29 is 9.60 Å². The van der Waals surface area contributed by atoms with E-state index in [1.54, 1.807) is 6.07 Å². The highest BCUT2D eigenvalue weighted by Crippen LogP contribution is 2.14. The van der Waals surface area contributed by atoms with Crippen molar-refractivity contribution in [1.29, 1.82) is 0 Å². The van der Waals surface area contributed by atoms with Gasteiger partial charge in [0.1, 0.15) is 5.82 Å². The third kappa shape index (κ3) is 1.81. The van der Waals surface area contributed by atoms with E-state index >= 15 is 0 Å². The van der Waals surface area contributed by atoms with Crippen molar-refractivity contribution in [1.82, 2.24) is 5.48 Å². The Morgan fingerprint density at radius 1 is 1.33 bits per heavy atom. The van der Waals surface area contributed by atoms with Crippen LogP contribution in [0.15, 0.2) is 12.1 Å². The molecule has 0 saturated heterocycles. The summed E-state index contributed by atoms with van der Waals surface area (Å²) in [6.45, 7) is 3.91. The predicted octanol–water partition coefficient (Wildman–Crippen LogP) is 1.92. The third-order valence-corrected chi connectivity index (χ3v) is 1.93. The molecule has 0 bridgehead atoms. The fourth-order valence-corrected chi connectivity index (χ4v) is 1.06. The highest BCUT2D eigenvalue weighted by molar-refractivity contribution is 5.31. The first-order valence-electron chi connectivity index (χ1n) is 3.77. The molecule has 0 heterocycles. The Hall–Kier alpha value is -0.930. The first-order chi connectivity index (χ1) is 5.65. The molecule has 2 nitrogen and oxygen atoms in total. The molecule has 0 atom stereocenters. The van der Waals surface area contributed by atoms with Gasteiger partial charge in [-0.1, -0.05) is 6.07 Å². The van der Waals surface area contributed by atoms with E-state index in [2.05, 4.69) is 0 Å². The van der Waals surface area contributed by atoms with E-state index in [4.69, 9.17) is 5.21 Å². The Balaban J connectivity index is 3.05. The van der Waals surface area contributed by atoms with Crippen LogP contribution in [-0.4, -0.2) is 5.21 Å². The molecule has 0 amide bonds. The van der Waals surface area contributed by atoms with Crippen LogP contribution in [0.3, 0.4) is 0 Å². The Morgan fingerprint density at radius 3 is 2.50 bits per heavy atom. The van der Waals surface area contributed by atoms with Gasteiger partial charge in [-0.2, -0.15) is 0 Å². The first-order valence-corrected chi connectivity index (χ1v) is 3.77. The van der Waals surface area contributed by atoms with Crippen molar-refractivity contribution in [3.05, 3.63) is 34.6 Å². The summed E-state index contributed by atoms with van der Waals surface area (Å²) in [5.74, 6) is -0.278. The molecule has 12 heavy (non-hydrogen) atoms. The molecule has 2 N–H and O–H groups in total. The second-order valence-electron chi connectivity index (χ2n) is 2.86. The van der Waals surface area contributed by atoms with E-state index in [9.17, 15) is 4.39 Å². The monoisotopic (exact) mass is 169 g/mol. The standard InChI is InChI=1S/C9H12FNO/c1-6-3-8(5-11-12)9(10)4-7(6)2/h3-4,11-12H,5H2,1-2H3. The average Bonchev–Trinajstić information content (AvgIpc) is 2.01. The van der Waals surface area contributed by atoms with Gasteiger partial charge in [-0.25, -0.2) is 9.87 Å². The molecule has 1 aromatic carbocycles. The van der Waals surface area contributed by atoms with Crippen molar-refractivity contribution in [2.45, 2.75) is 20.4 Å². The molecule has 0 aliphatic carbocycles. The number of hydrogen-bond acceptors (Lipinski definition) is 2. The van der Waals surface area contributed by atoms with E-state index in [-0.39, 0.29) is 12.4 Å². The number of hydroxylamine groups is 1. The van der Waals surface area contributed by atoms with Gasteiger partial charge in [-0.05, 0) is 31.0 Å². The zero-order valence-corrected chi connectivity index (χ0v) is 7.19. The van der Waals surface area contributed by atoms with Crippen LogP contribution >= 0.6 is 0 Å². The summed E-state index contributed by atoms with van der Waals surface area (Å²) in [7, 11) is 0. The average molecular weight is 169 g/mol. The SMILES string of the molecule is Cc1cc(F)c(CNO)cc1C. The molecule has 1 rings (SSSR count). The number of benzene rings is 1. The molecule has 0 aromatic heterocycles. The van der Waals surface area contributed by atoms with E-state index < -0.39 is 0 Å². The zero-order valence-electron chi connectivity index (χ0n) is 7.19. The Morgan fingerprint density at radius 2 is 1.92 bits per heavy atom. The number of hydrogen-bond donors (Lipinski definition) is 2. The number of rotatable bonds is 2. The predicted molar refractivity (Wildman–Crippen MR) is 44.5 cm³/mol. The molecule has 0 unspecified atom stereocenters. The van der Waals surface area contributed by atoms with Crippen molar-refractivity contribution in [3.63, 3.8) is 0 Å². The Labute approximate surface area is 71.0 Å². The summed E-state index contributed by atoms with van der Waals surface area (Å²) in [5, 5.41) is 8.39. The molecule has 3 heteroatoms. The molecule has 0 aliphatic rings. The van der Waals surface area contributed by atoms with Gasteiger partial charge in [0.2, 0.25) is 0 Å². The summed E-state index contributed by atoms with van der Waals surface area (Å²) >= 11 is 0. The maximum absolute atomic E-state index is 13.1. The van der Waals surface area contributed by atoms with Gasteiger partial charge >= 0.3 is 0 Å². The summed E-state index contributed by atoms with van der Waals surface area (Å²) in [4.78, 5) is 0. The molecule has 0 saturated carbocycles. The fourth-order valence-electron chi connectivity index (χ4n) is 1.06. The van der Waals surface area contributed by atoms with Gasteiger partial charge in [0.05, 0.1) is 0 Å². The normalized spacial score (nSPS) is 10.3. The van der Waals surface area contributed by atoms with Gasteiger partial charge in [-0.3, -0.25) is 0 Å². The van der Waals surface area contributed by atoms with Crippen molar-refractivity contribution in [3.8, 4) is 0 Å². The molecule has 0 fully saturated rings. The van der Waals surface area contributed by atoms with Crippen molar-refractivity contribution >= 4 is 0 Å². The Bertz CT molecular complexity index is 286. The van der Waals surface area contributed by atoms with Gasteiger partial charge in [0.15, 0.2) is 0 Å². The van der Waals surface area contributed by atoms with Crippen LogP contribution in [0.2, 0.25) is 0 Å². The quantitative estimate of drug-likeness (QED) is 0.663. The molecule has 0 spiro atoms. The minimum atomic E-state index is -0.278. The van der Waals surface area contributed by atoms with Gasteiger partial charge in [0, 0.05) is 12.1 Å². The molecule has 0 aliphatic heterocycles. The highest BCUT2D eigenvalue weighted by Gasteiger charge is 2.03. The smallest absolute Gasteiger partial charge is 0.128 e. The van der Waals surface area contributed by atoms with Crippen LogP contribution in [0.5, 0.6) is 0 Å². The third-order valence-electron chi connectivity index (χ3n) is 1.93. The topological polar surface area (TPSA) is 32.3 Å². The van der Waals surface area contributed by atoms with Crippen molar-refractivity contribution in [2.75, 3.05) is 0 Å². The van der Waals surface area contributed by atoms with Crippen LogP contribution < -0.4 is 5.48 Å². The number of aryl methyl sites for hydroxylation is 2. The van der Waals surface area contributed by atoms with E-state index in [1.807, 2.05) is 19.3 Å². The summed E-state index contributed by atoms with van der Waals surface area (Å²) in [6, 6.07) is 3.20. The maximum atomic E-state index is 13.1. The van der Waals surface area contributed by atoms with Crippen LogP contribution in [0.25, 0.3) is 0 Å². The first kappa shape index (κ1) is 9.16. The van der Waals surface area contributed by atoms with E-state index in [0.717, 1.165) is 11.1 Å². The number of halogens is 1. The highest BCUT2D eigenvalue weighted by atomic mass is 19.1. The molecular formula is C9H12FNO. The molecule has 0 radical (unpaired) electrons. The summed E-state index contributed by atoms with van der Waals surface area (Å²) < 4.78 is 13.1. The summed E-state index contributed by atoms with van der Waals surface area (Å²) in [5.41, 5.74) is 4.37. The number of nitrogens with one attached hydrogen (secondary N) is 1. The zero-order chi connectivity index (χ0) is 9.14. The van der Waals surface area contributed by atoms with E-state index in [1.165, 1.54) is 6.07 Å². The minimum Gasteiger partial charge on any atom is -0.316 e. The van der Waals surface area contributed by atoms with Crippen LogP contribution in [0.1, 0.15) is 16.7 Å². The second-order valence-corrected chi connectivity index (χ2v) is 2.86. The Kier molecular flexibility index (Phi) is 2.78. The van der Waals surface area contributed by atoms with E-state index in [0.29, 0.717) is 5.56 Å². The van der Waals surface area contributed by atoms with Gasteiger partial charge in [-0.15, -0.1) is 0 Å². The van der Waals surface area contributed by atoms with Crippen LogP contribution in [-0.2, 0) is 6.54 Å². The molecular weight excluding hydrogens is 157 g/mol. The maximum Gasteiger partial charge on any atom is 0.128 e. The second kappa shape index (κ2) is 3.65. The lowest BCUT2D eigenvalue weighted by Crippen LogP contribution is -2.08. The lowest BCUT2D eigenvalue weighted by molar-refractivity contribution is 0.160. The van der Waals surface area contributed by atoms with Crippen LogP contribution in [0, 0.1) is 19.7 Å². The summed E-state index contributed by atoms with van der Waals surface area (Å²) in [6.07, 6.45) is 0. The van der Waals surface area contributed by atoms with Gasteiger partial charge in [0.25, 0.3) is 0 Å². The van der Waals surface area contributed by atoms with Gasteiger partial charge < -0.3 is 5.21 Å². The van der Waals surface area contributed by atoms with Crippen LogP contribution in [0.4, 0.5) is 4.39 Å². The fraction of sp³-hybridized carbons (Fsp3) is 0.333. The van der Waals surface area contributed by atoms with Crippen molar-refractivity contribution in [2.24, 2.45) is 0 Å². The largest absolute Gasteiger partial charge is 0.316 e. The molecule has 1 aromatic rings. The lowest BCUT2D eigenvalue weighted by atomic mass is 10.1. The molecule has 66 valence electrons. The lowest BCUT2D eigenvalue weighted by Gasteiger charge is -2.05. The minimum absolute atomic E-state index is 0.146.